The van der Waals surface area contributed by atoms with Gasteiger partial charge >= 0.3 is 0 Å². The Bertz CT molecular complexity index is 665. The highest BCUT2D eigenvalue weighted by Crippen LogP contribution is 2.26. The lowest BCUT2D eigenvalue weighted by molar-refractivity contribution is 0.00890. The van der Waals surface area contributed by atoms with E-state index in [9.17, 15) is 4.79 Å². The van der Waals surface area contributed by atoms with E-state index in [1.807, 2.05) is 25.1 Å². The molecule has 0 bridgehead atoms. The summed E-state index contributed by atoms with van der Waals surface area (Å²) in [5.74, 6) is 0.00907. The highest BCUT2D eigenvalue weighted by molar-refractivity contribution is 7.13. The minimum absolute atomic E-state index is 0.00907. The molecule has 1 fully saturated rings. The van der Waals surface area contributed by atoms with E-state index < -0.39 is 0 Å². The molecule has 2 heterocycles. The molecule has 1 amide bonds. The number of rotatable bonds is 5. The highest BCUT2D eigenvalue weighted by Gasteiger charge is 2.29. The Morgan fingerprint density at radius 3 is 2.50 bits per heavy atom. The van der Waals surface area contributed by atoms with Gasteiger partial charge in [0.2, 0.25) is 0 Å². The molecular weight excluding hydrogens is 320 g/mol. The van der Waals surface area contributed by atoms with Gasteiger partial charge < -0.3 is 10.1 Å². The number of hydrogen-bond donors (Lipinski definition) is 1. The predicted octanol–water partition coefficient (Wildman–Crippen LogP) is 3.25. The Kier molecular flexibility index (Phi) is 5.66. The van der Waals surface area contributed by atoms with E-state index in [0.717, 1.165) is 36.1 Å². The fourth-order valence-electron chi connectivity index (χ4n) is 3.23. The van der Waals surface area contributed by atoms with Gasteiger partial charge in [-0.25, -0.2) is 0 Å². The first-order chi connectivity index (χ1) is 11.6. The quantitative estimate of drug-likeness (QED) is 0.905. The first-order valence-electron chi connectivity index (χ1n) is 8.39. The minimum Gasteiger partial charge on any atom is -0.379 e. The van der Waals surface area contributed by atoms with Crippen LogP contribution in [0.4, 0.5) is 0 Å². The van der Waals surface area contributed by atoms with Gasteiger partial charge in [-0.3, -0.25) is 9.69 Å². The molecule has 2 unspecified atom stereocenters. The number of hydrogen-bond acceptors (Lipinski definition) is 4. The number of amides is 1. The summed E-state index contributed by atoms with van der Waals surface area (Å²) in [5.41, 5.74) is 1.23. The number of ether oxygens (including phenoxy) is 1. The SMILES string of the molecule is Cc1ccc(C(=O)NC(C)C(c2ccccc2)N2CCOCC2)s1. The van der Waals surface area contributed by atoms with Crippen molar-refractivity contribution in [2.45, 2.75) is 25.9 Å². The molecule has 0 radical (unpaired) electrons. The predicted molar refractivity (Wildman–Crippen MR) is 97.6 cm³/mol. The Morgan fingerprint density at radius 1 is 1.17 bits per heavy atom. The van der Waals surface area contributed by atoms with Crippen LogP contribution in [-0.4, -0.2) is 43.2 Å². The van der Waals surface area contributed by atoms with Crippen molar-refractivity contribution in [1.82, 2.24) is 10.2 Å². The van der Waals surface area contributed by atoms with Gasteiger partial charge in [-0.15, -0.1) is 11.3 Å². The van der Waals surface area contributed by atoms with Gasteiger partial charge in [0.15, 0.2) is 0 Å². The van der Waals surface area contributed by atoms with E-state index in [1.54, 1.807) is 0 Å². The van der Waals surface area contributed by atoms with Crippen molar-refractivity contribution in [3.63, 3.8) is 0 Å². The van der Waals surface area contributed by atoms with Crippen LogP contribution in [0.3, 0.4) is 0 Å². The van der Waals surface area contributed by atoms with Crippen molar-refractivity contribution in [2.75, 3.05) is 26.3 Å². The standard InChI is InChI=1S/C19H24N2O2S/c1-14-8-9-17(24-14)19(22)20-15(2)18(16-6-4-3-5-7-16)21-10-12-23-13-11-21/h3-9,15,18H,10-13H2,1-2H3,(H,20,22). The lowest BCUT2D eigenvalue weighted by atomic mass is 9.98. The molecule has 24 heavy (non-hydrogen) atoms. The number of nitrogens with one attached hydrogen (secondary N) is 1. The van der Waals surface area contributed by atoms with Gasteiger partial charge in [-0.1, -0.05) is 30.3 Å². The average Bonchev–Trinajstić information content (AvgIpc) is 3.04. The van der Waals surface area contributed by atoms with Crippen molar-refractivity contribution in [3.8, 4) is 0 Å². The third-order valence-corrected chi connectivity index (χ3v) is 5.38. The van der Waals surface area contributed by atoms with Gasteiger partial charge in [0.05, 0.1) is 24.1 Å². The number of aryl methyl sites for hydroxylation is 1. The second kappa shape index (κ2) is 7.92. The van der Waals surface area contributed by atoms with E-state index in [4.69, 9.17) is 4.74 Å². The molecule has 1 aromatic carbocycles. The smallest absolute Gasteiger partial charge is 0.261 e. The molecule has 0 aliphatic carbocycles. The van der Waals surface area contributed by atoms with E-state index >= 15 is 0 Å². The van der Waals surface area contributed by atoms with E-state index in [-0.39, 0.29) is 18.0 Å². The molecule has 1 aliphatic heterocycles. The molecule has 3 rings (SSSR count). The molecule has 1 aliphatic rings. The molecule has 1 N–H and O–H groups in total. The van der Waals surface area contributed by atoms with Gasteiger partial charge in [0.1, 0.15) is 0 Å². The van der Waals surface area contributed by atoms with E-state index in [1.165, 1.54) is 16.9 Å². The molecule has 0 spiro atoms. The fourth-order valence-corrected chi connectivity index (χ4v) is 4.01. The lowest BCUT2D eigenvalue weighted by Crippen LogP contribution is -2.48. The van der Waals surface area contributed by atoms with Crippen LogP contribution in [0.2, 0.25) is 0 Å². The monoisotopic (exact) mass is 344 g/mol. The second-order valence-electron chi connectivity index (χ2n) is 6.18. The van der Waals surface area contributed by atoms with Crippen molar-refractivity contribution in [3.05, 3.63) is 57.8 Å². The molecule has 1 aromatic heterocycles. The van der Waals surface area contributed by atoms with Crippen LogP contribution in [0.5, 0.6) is 0 Å². The zero-order valence-corrected chi connectivity index (χ0v) is 15.0. The summed E-state index contributed by atoms with van der Waals surface area (Å²) in [6, 6.07) is 14.5. The topological polar surface area (TPSA) is 41.6 Å². The number of benzene rings is 1. The van der Waals surface area contributed by atoms with Gasteiger partial charge in [-0.05, 0) is 31.5 Å². The maximum absolute atomic E-state index is 12.5. The van der Waals surface area contributed by atoms with Crippen LogP contribution < -0.4 is 5.32 Å². The van der Waals surface area contributed by atoms with Crippen molar-refractivity contribution < 1.29 is 9.53 Å². The zero-order valence-electron chi connectivity index (χ0n) is 14.2. The normalized spacial score (nSPS) is 18.1. The number of morpholine rings is 1. The molecule has 2 aromatic rings. The summed E-state index contributed by atoms with van der Waals surface area (Å²) in [7, 11) is 0. The number of carbonyl (C=O) groups is 1. The van der Waals surface area contributed by atoms with Crippen LogP contribution in [0.1, 0.15) is 33.1 Å². The van der Waals surface area contributed by atoms with Crippen LogP contribution in [-0.2, 0) is 4.74 Å². The van der Waals surface area contributed by atoms with E-state index in [0.29, 0.717) is 0 Å². The van der Waals surface area contributed by atoms with Crippen LogP contribution in [0.15, 0.2) is 42.5 Å². The minimum atomic E-state index is 0.00907. The van der Waals surface area contributed by atoms with Crippen molar-refractivity contribution in [1.29, 1.82) is 0 Å². The molecule has 0 saturated carbocycles. The average molecular weight is 344 g/mol. The van der Waals surface area contributed by atoms with Gasteiger partial charge in [0.25, 0.3) is 5.91 Å². The Hall–Kier alpha value is -1.69. The number of thiophene rings is 1. The summed E-state index contributed by atoms with van der Waals surface area (Å²) >= 11 is 1.54. The molecular formula is C19H24N2O2S. The maximum Gasteiger partial charge on any atom is 0.261 e. The summed E-state index contributed by atoms with van der Waals surface area (Å²) in [6.45, 7) is 7.37. The lowest BCUT2D eigenvalue weighted by Gasteiger charge is -2.38. The third kappa shape index (κ3) is 4.04. The first kappa shape index (κ1) is 17.1. The Balaban J connectivity index is 1.77. The summed E-state index contributed by atoms with van der Waals surface area (Å²) in [6.07, 6.45) is 0. The summed E-state index contributed by atoms with van der Waals surface area (Å²) < 4.78 is 5.49. The van der Waals surface area contributed by atoms with Crippen LogP contribution in [0, 0.1) is 6.92 Å². The van der Waals surface area contributed by atoms with Crippen molar-refractivity contribution >= 4 is 17.2 Å². The Labute approximate surface area is 147 Å². The number of nitrogens with zero attached hydrogens (tertiary/aromatic N) is 1. The fraction of sp³-hybridized carbons (Fsp3) is 0.421. The van der Waals surface area contributed by atoms with Crippen LogP contribution >= 0.6 is 11.3 Å². The van der Waals surface area contributed by atoms with Gasteiger partial charge in [-0.2, -0.15) is 0 Å². The molecule has 128 valence electrons. The van der Waals surface area contributed by atoms with E-state index in [2.05, 4.69) is 41.4 Å². The maximum atomic E-state index is 12.5. The van der Waals surface area contributed by atoms with Crippen molar-refractivity contribution in [2.24, 2.45) is 0 Å². The molecule has 5 heteroatoms. The second-order valence-corrected chi connectivity index (χ2v) is 7.46. The zero-order chi connectivity index (χ0) is 16.9. The first-order valence-corrected chi connectivity index (χ1v) is 9.21. The highest BCUT2D eigenvalue weighted by atomic mass is 32.1. The van der Waals surface area contributed by atoms with Gasteiger partial charge in [0, 0.05) is 24.0 Å². The Morgan fingerprint density at radius 2 is 1.88 bits per heavy atom. The molecule has 4 nitrogen and oxygen atoms in total. The largest absolute Gasteiger partial charge is 0.379 e. The number of carbonyl (C=O) groups excluding carboxylic acids is 1. The molecule has 2 atom stereocenters. The van der Waals surface area contributed by atoms with Crippen LogP contribution in [0.25, 0.3) is 0 Å². The summed E-state index contributed by atoms with van der Waals surface area (Å²) in [4.78, 5) is 16.9. The third-order valence-electron chi connectivity index (χ3n) is 4.38. The molecule has 1 saturated heterocycles. The summed E-state index contributed by atoms with van der Waals surface area (Å²) in [5, 5.41) is 3.19.